The third-order valence-corrected chi connectivity index (χ3v) is 3.46. The Kier molecular flexibility index (Phi) is 3.37. The lowest BCUT2D eigenvalue weighted by molar-refractivity contribution is -0.136. The van der Waals surface area contributed by atoms with Crippen molar-refractivity contribution in [1.29, 1.82) is 0 Å². The highest BCUT2D eigenvalue weighted by Gasteiger charge is 2.35. The molecule has 0 aliphatic rings. The van der Waals surface area contributed by atoms with Crippen molar-refractivity contribution in [3.8, 4) is 0 Å². The van der Waals surface area contributed by atoms with Gasteiger partial charge in [-0.15, -0.1) is 0 Å². The van der Waals surface area contributed by atoms with Crippen LogP contribution in [0.15, 0.2) is 36.5 Å². The predicted molar refractivity (Wildman–Crippen MR) is 80.2 cm³/mol. The normalized spacial score (nSPS) is 11.8. The summed E-state index contributed by atoms with van der Waals surface area (Å²) in [4.78, 5) is 0. The largest absolute Gasteiger partial charge is 0.421 e. The lowest BCUT2D eigenvalue weighted by atomic mass is 10.1. The number of nitrogens with two attached hydrogens (primary N) is 1. The molecule has 0 atom stereocenters. The monoisotopic (exact) mass is 326 g/mol. The highest BCUT2D eigenvalue weighted by molar-refractivity contribution is 6.31. The average molecular weight is 327 g/mol. The minimum atomic E-state index is -4.51. The molecular weight excluding hydrogens is 317 g/mol. The maximum absolute atomic E-state index is 12.8. The number of aromatic amines is 1. The number of alkyl halides is 3. The summed E-state index contributed by atoms with van der Waals surface area (Å²) in [7, 11) is 0. The van der Waals surface area contributed by atoms with E-state index in [-0.39, 0.29) is 5.82 Å². The smallest absolute Gasteiger partial charge is 0.397 e. The van der Waals surface area contributed by atoms with Gasteiger partial charge < -0.3 is 11.1 Å². The van der Waals surface area contributed by atoms with Crippen LogP contribution in [0, 0.1) is 0 Å². The van der Waals surface area contributed by atoms with E-state index in [0.717, 1.165) is 11.6 Å². The molecule has 114 valence electrons. The first-order chi connectivity index (χ1) is 10.4. The van der Waals surface area contributed by atoms with Crippen LogP contribution in [0.4, 0.5) is 30.4 Å². The van der Waals surface area contributed by atoms with E-state index in [9.17, 15) is 13.2 Å². The molecule has 8 heteroatoms. The van der Waals surface area contributed by atoms with Crippen LogP contribution >= 0.6 is 11.6 Å². The molecule has 1 heterocycles. The number of nitrogen functional groups attached to an aromatic ring is 1. The van der Waals surface area contributed by atoms with E-state index in [4.69, 9.17) is 17.3 Å². The molecule has 2 aromatic carbocycles. The molecule has 0 amide bonds. The zero-order valence-electron chi connectivity index (χ0n) is 11.0. The van der Waals surface area contributed by atoms with Crippen molar-refractivity contribution in [1.82, 2.24) is 10.2 Å². The van der Waals surface area contributed by atoms with Crippen LogP contribution in [-0.4, -0.2) is 10.2 Å². The van der Waals surface area contributed by atoms with E-state index >= 15 is 0 Å². The van der Waals surface area contributed by atoms with Gasteiger partial charge in [0, 0.05) is 10.4 Å². The maximum Gasteiger partial charge on any atom is 0.421 e. The fourth-order valence-electron chi connectivity index (χ4n) is 2.16. The molecule has 3 aromatic rings. The fourth-order valence-corrected chi connectivity index (χ4v) is 2.35. The number of hydrogen-bond acceptors (Lipinski definition) is 3. The van der Waals surface area contributed by atoms with Gasteiger partial charge in [0.1, 0.15) is 11.4 Å². The van der Waals surface area contributed by atoms with Gasteiger partial charge in [0.25, 0.3) is 0 Å². The van der Waals surface area contributed by atoms with Gasteiger partial charge in [-0.25, -0.2) is 0 Å². The van der Waals surface area contributed by atoms with Gasteiger partial charge >= 0.3 is 6.18 Å². The van der Waals surface area contributed by atoms with E-state index in [2.05, 4.69) is 15.5 Å². The second kappa shape index (κ2) is 5.10. The van der Waals surface area contributed by atoms with Crippen molar-refractivity contribution < 1.29 is 13.2 Å². The van der Waals surface area contributed by atoms with Gasteiger partial charge in [0.2, 0.25) is 0 Å². The van der Waals surface area contributed by atoms with Crippen molar-refractivity contribution in [2.24, 2.45) is 0 Å². The van der Waals surface area contributed by atoms with Crippen LogP contribution in [0.5, 0.6) is 0 Å². The minimum absolute atomic E-state index is 0.257. The Bertz CT molecular complexity index is 842. The Morgan fingerprint density at radius 1 is 1.18 bits per heavy atom. The van der Waals surface area contributed by atoms with Gasteiger partial charge in [-0.05, 0) is 23.6 Å². The zero-order valence-corrected chi connectivity index (χ0v) is 11.8. The second-order valence-electron chi connectivity index (χ2n) is 4.67. The lowest BCUT2D eigenvalue weighted by Gasteiger charge is -2.13. The second-order valence-corrected chi connectivity index (χ2v) is 5.11. The summed E-state index contributed by atoms with van der Waals surface area (Å²) in [5, 5.41) is 10.4. The van der Waals surface area contributed by atoms with Crippen molar-refractivity contribution in [2.45, 2.75) is 6.18 Å². The van der Waals surface area contributed by atoms with Gasteiger partial charge in [0.15, 0.2) is 0 Å². The molecule has 4 N–H and O–H groups in total. The Labute approximate surface area is 128 Å². The maximum atomic E-state index is 12.8. The molecule has 0 unspecified atom stereocenters. The number of nitrogens with zero attached hydrogens (tertiary/aromatic N) is 1. The predicted octanol–water partition coefficient (Wildman–Crippen LogP) is 4.56. The quantitative estimate of drug-likeness (QED) is 0.605. The van der Waals surface area contributed by atoms with E-state index < -0.39 is 11.7 Å². The molecule has 22 heavy (non-hydrogen) atoms. The highest BCUT2D eigenvalue weighted by Crippen LogP contribution is 2.37. The molecular formula is C14H10ClF3N4. The molecule has 3 rings (SSSR count). The Morgan fingerprint density at radius 2 is 1.95 bits per heavy atom. The molecule has 0 spiro atoms. The summed E-state index contributed by atoms with van der Waals surface area (Å²) in [5.74, 6) is -0.257. The van der Waals surface area contributed by atoms with Crippen molar-refractivity contribution in [3.63, 3.8) is 0 Å². The van der Waals surface area contributed by atoms with E-state index in [1.54, 1.807) is 30.3 Å². The Hall–Kier alpha value is -2.41. The first kappa shape index (κ1) is 14.5. The SMILES string of the molecule is Nc1c(Nc2[nH]ncc2C(F)(F)F)ccc2cc(Cl)ccc12. The van der Waals surface area contributed by atoms with E-state index in [0.29, 0.717) is 21.8 Å². The van der Waals surface area contributed by atoms with Gasteiger partial charge in [0.05, 0.1) is 17.6 Å². The molecule has 1 aromatic heterocycles. The van der Waals surface area contributed by atoms with Crippen molar-refractivity contribution in [2.75, 3.05) is 11.1 Å². The highest BCUT2D eigenvalue weighted by atomic mass is 35.5. The summed E-state index contributed by atoms with van der Waals surface area (Å²) in [5.41, 5.74) is 5.82. The number of H-pyrrole nitrogens is 1. The number of benzene rings is 2. The number of anilines is 3. The lowest BCUT2D eigenvalue weighted by Crippen LogP contribution is -2.07. The molecule has 0 saturated carbocycles. The summed E-state index contributed by atoms with van der Waals surface area (Å²) < 4.78 is 38.5. The number of aromatic nitrogens is 2. The third-order valence-electron chi connectivity index (χ3n) is 3.23. The van der Waals surface area contributed by atoms with Gasteiger partial charge in [-0.1, -0.05) is 23.7 Å². The summed E-state index contributed by atoms with van der Waals surface area (Å²) in [6, 6.07) is 8.43. The molecule has 0 bridgehead atoms. The number of hydrogen-bond donors (Lipinski definition) is 3. The third kappa shape index (κ3) is 2.55. The average Bonchev–Trinajstić information content (AvgIpc) is 2.90. The Morgan fingerprint density at radius 3 is 2.68 bits per heavy atom. The van der Waals surface area contributed by atoms with Crippen molar-refractivity contribution in [3.05, 3.63) is 47.1 Å². The Balaban J connectivity index is 2.04. The van der Waals surface area contributed by atoms with Crippen molar-refractivity contribution >= 4 is 39.6 Å². The van der Waals surface area contributed by atoms with E-state index in [1.165, 1.54) is 0 Å². The molecule has 4 nitrogen and oxygen atoms in total. The van der Waals surface area contributed by atoms with E-state index in [1.807, 2.05) is 0 Å². The van der Waals surface area contributed by atoms with Crippen LogP contribution in [0.2, 0.25) is 5.02 Å². The topological polar surface area (TPSA) is 66.7 Å². The fraction of sp³-hybridized carbons (Fsp3) is 0.0714. The summed E-state index contributed by atoms with van der Waals surface area (Å²) in [6.07, 6.45) is -3.78. The number of fused-ring (bicyclic) bond motifs is 1. The van der Waals surface area contributed by atoms with Crippen LogP contribution in [-0.2, 0) is 6.18 Å². The molecule has 0 fully saturated rings. The number of halogens is 4. The summed E-state index contributed by atoms with van der Waals surface area (Å²) in [6.45, 7) is 0. The number of nitrogens with one attached hydrogen (secondary N) is 2. The molecule has 0 aliphatic heterocycles. The van der Waals surface area contributed by atoms with Gasteiger partial charge in [-0.3, -0.25) is 5.10 Å². The standard InChI is InChI=1S/C14H10ClF3N4/c15-8-2-3-9-7(5-8)1-4-11(12(9)19)21-13-10(6-20-22-13)14(16,17)18/h1-6H,19H2,(H2,20,21,22). The van der Waals surface area contributed by atoms with Gasteiger partial charge in [-0.2, -0.15) is 18.3 Å². The first-order valence-electron chi connectivity index (χ1n) is 6.21. The zero-order chi connectivity index (χ0) is 15.9. The first-order valence-corrected chi connectivity index (χ1v) is 6.59. The molecule has 0 radical (unpaired) electrons. The van der Waals surface area contributed by atoms with Crippen LogP contribution in [0.3, 0.4) is 0 Å². The minimum Gasteiger partial charge on any atom is -0.397 e. The van der Waals surface area contributed by atoms with Crippen LogP contribution in [0.1, 0.15) is 5.56 Å². The molecule has 0 saturated heterocycles. The summed E-state index contributed by atoms with van der Waals surface area (Å²) >= 11 is 5.90. The van der Waals surface area contributed by atoms with Crippen LogP contribution in [0.25, 0.3) is 10.8 Å². The van der Waals surface area contributed by atoms with Crippen LogP contribution < -0.4 is 11.1 Å². The molecule has 0 aliphatic carbocycles. The number of rotatable bonds is 2.